The van der Waals surface area contributed by atoms with E-state index < -0.39 is 30.4 Å². The Hall–Kier alpha value is -2.32. The van der Waals surface area contributed by atoms with Gasteiger partial charge in [0.1, 0.15) is 18.2 Å². The topological polar surface area (TPSA) is 91.0 Å². The van der Waals surface area contributed by atoms with Crippen LogP contribution in [-0.2, 0) is 0 Å². The lowest BCUT2D eigenvalue weighted by Gasteiger charge is -2.12. The Morgan fingerprint density at radius 3 is 2.53 bits per heavy atom. The van der Waals surface area contributed by atoms with Gasteiger partial charge in [-0.05, 0) is 12.1 Å². The lowest BCUT2D eigenvalue weighted by Crippen LogP contribution is -2.37. The third-order valence-corrected chi connectivity index (χ3v) is 1.98. The van der Waals surface area contributed by atoms with Crippen LogP contribution >= 0.6 is 0 Å². The molecule has 0 fully saturated rings. The Balaban J connectivity index is 2.80. The first-order valence-electron chi connectivity index (χ1n) is 4.95. The van der Waals surface area contributed by atoms with Gasteiger partial charge in [0.2, 0.25) is 0 Å². The minimum absolute atomic E-state index is 0.188. The third-order valence-electron chi connectivity index (χ3n) is 1.98. The molecule has 0 atom stereocenters. The largest absolute Gasteiger partial charge is 0.405 e. The Morgan fingerprint density at radius 2 is 2.00 bits per heavy atom. The molecule has 5 nitrogen and oxygen atoms in total. The van der Waals surface area contributed by atoms with Crippen LogP contribution in [0.1, 0.15) is 5.56 Å². The van der Waals surface area contributed by atoms with Crippen molar-refractivity contribution in [2.24, 2.45) is 5.73 Å². The molecule has 5 N–H and O–H groups in total. The summed E-state index contributed by atoms with van der Waals surface area (Å²) in [6, 6.07) is 2.27. The summed E-state index contributed by atoms with van der Waals surface area (Å²) in [5.41, 5.74) is 4.55. The molecule has 2 amide bonds. The molecule has 0 saturated heterocycles. The van der Waals surface area contributed by atoms with Gasteiger partial charge in [0.05, 0.1) is 11.3 Å². The quantitative estimate of drug-likeness (QED) is 0.385. The fourth-order valence-corrected chi connectivity index (χ4v) is 1.25. The fraction of sp³-hybridized carbons (Fsp3) is 0.200. The number of nitrogens with one attached hydrogen (secondary N) is 3. The zero-order valence-corrected chi connectivity index (χ0v) is 9.44. The molecule has 9 heteroatoms. The van der Waals surface area contributed by atoms with Crippen molar-refractivity contribution in [2.45, 2.75) is 6.18 Å². The van der Waals surface area contributed by atoms with Crippen molar-refractivity contribution in [2.75, 3.05) is 11.9 Å². The van der Waals surface area contributed by atoms with Gasteiger partial charge in [0, 0.05) is 0 Å². The number of anilines is 1. The van der Waals surface area contributed by atoms with Crippen molar-refractivity contribution in [3.05, 3.63) is 29.6 Å². The molecule has 0 saturated carbocycles. The number of benzene rings is 1. The standard InChI is InChI=1S/C10H10F4N4O/c11-5-2-1-3-6(7(5)8(15)16)18-9(19)17-4-10(12,13)14/h1-3H,4H2,(H3,15,16)(H2,17,18,19). The molecule has 0 heterocycles. The lowest BCUT2D eigenvalue weighted by atomic mass is 10.1. The molecule has 1 aromatic rings. The Kier molecular flexibility index (Phi) is 4.30. The monoisotopic (exact) mass is 278 g/mol. The van der Waals surface area contributed by atoms with Gasteiger partial charge in [-0.1, -0.05) is 6.07 Å². The molecule has 0 bridgehead atoms. The van der Waals surface area contributed by atoms with Crippen LogP contribution in [0.5, 0.6) is 0 Å². The maximum atomic E-state index is 13.4. The number of hydrogen-bond donors (Lipinski definition) is 4. The molecule has 0 aliphatic carbocycles. The van der Waals surface area contributed by atoms with Crippen molar-refractivity contribution in [3.63, 3.8) is 0 Å². The average molecular weight is 278 g/mol. The van der Waals surface area contributed by atoms with Crippen molar-refractivity contribution < 1.29 is 22.4 Å². The van der Waals surface area contributed by atoms with Crippen LogP contribution in [0.4, 0.5) is 28.0 Å². The lowest BCUT2D eigenvalue weighted by molar-refractivity contribution is -0.122. The first-order chi connectivity index (χ1) is 8.70. The predicted octanol–water partition coefficient (Wildman–Crippen LogP) is 1.79. The second kappa shape index (κ2) is 5.55. The van der Waals surface area contributed by atoms with E-state index in [0.717, 1.165) is 6.07 Å². The molecule has 104 valence electrons. The molecular weight excluding hydrogens is 268 g/mol. The fourth-order valence-electron chi connectivity index (χ4n) is 1.25. The molecule has 1 aromatic carbocycles. The van der Waals surface area contributed by atoms with E-state index in [1.807, 2.05) is 5.32 Å². The molecule has 0 aromatic heterocycles. The highest BCUT2D eigenvalue weighted by Crippen LogP contribution is 2.18. The van der Waals surface area contributed by atoms with Gasteiger partial charge in [0.25, 0.3) is 0 Å². The highest BCUT2D eigenvalue weighted by atomic mass is 19.4. The van der Waals surface area contributed by atoms with Gasteiger partial charge < -0.3 is 16.4 Å². The van der Waals surface area contributed by atoms with Crippen LogP contribution in [0.3, 0.4) is 0 Å². The number of hydrogen-bond acceptors (Lipinski definition) is 2. The molecule has 19 heavy (non-hydrogen) atoms. The number of halogens is 4. The van der Waals surface area contributed by atoms with E-state index in [4.69, 9.17) is 11.1 Å². The average Bonchev–Trinajstić information content (AvgIpc) is 2.25. The molecule has 0 aliphatic heterocycles. The summed E-state index contributed by atoms with van der Waals surface area (Å²) in [4.78, 5) is 11.2. The van der Waals surface area contributed by atoms with Crippen LogP contribution < -0.4 is 16.4 Å². The van der Waals surface area contributed by atoms with Crippen LogP contribution in [0.15, 0.2) is 18.2 Å². The summed E-state index contributed by atoms with van der Waals surface area (Å²) < 4.78 is 49.0. The van der Waals surface area contributed by atoms with Gasteiger partial charge in [-0.25, -0.2) is 9.18 Å². The van der Waals surface area contributed by atoms with Crippen LogP contribution in [-0.4, -0.2) is 24.6 Å². The first-order valence-corrected chi connectivity index (χ1v) is 4.95. The summed E-state index contributed by atoms with van der Waals surface area (Å²) >= 11 is 0. The van der Waals surface area contributed by atoms with Crippen molar-refractivity contribution >= 4 is 17.6 Å². The van der Waals surface area contributed by atoms with Gasteiger partial charge >= 0.3 is 12.2 Å². The number of alkyl halides is 3. The van der Waals surface area contributed by atoms with Crippen molar-refractivity contribution in [3.8, 4) is 0 Å². The maximum absolute atomic E-state index is 13.4. The van der Waals surface area contributed by atoms with E-state index in [-0.39, 0.29) is 11.3 Å². The van der Waals surface area contributed by atoms with E-state index >= 15 is 0 Å². The minimum atomic E-state index is -4.55. The zero-order chi connectivity index (χ0) is 14.6. The molecule has 0 aliphatic rings. The normalized spacial score (nSPS) is 10.9. The molecule has 0 unspecified atom stereocenters. The first kappa shape index (κ1) is 14.7. The number of urea groups is 1. The van der Waals surface area contributed by atoms with Crippen LogP contribution in [0.25, 0.3) is 0 Å². The Labute approximate surface area is 105 Å². The summed E-state index contributed by atoms with van der Waals surface area (Å²) in [6.07, 6.45) is -4.55. The third kappa shape index (κ3) is 4.45. The summed E-state index contributed by atoms with van der Waals surface area (Å²) in [5, 5.41) is 10.7. The number of carbonyl (C=O) groups is 1. The Bertz CT molecular complexity index is 501. The van der Waals surface area contributed by atoms with E-state index in [2.05, 4.69) is 0 Å². The van der Waals surface area contributed by atoms with Crippen LogP contribution in [0.2, 0.25) is 0 Å². The summed E-state index contributed by atoms with van der Waals surface area (Å²) in [7, 11) is 0. The zero-order valence-electron chi connectivity index (χ0n) is 9.44. The number of nitrogens with two attached hydrogens (primary N) is 1. The molecule has 0 spiro atoms. The van der Waals surface area contributed by atoms with E-state index in [0.29, 0.717) is 0 Å². The van der Waals surface area contributed by atoms with Crippen molar-refractivity contribution in [1.82, 2.24) is 5.32 Å². The number of rotatable bonds is 3. The highest BCUT2D eigenvalue weighted by Gasteiger charge is 2.27. The number of carbonyl (C=O) groups excluding carboxylic acids is 1. The Morgan fingerprint density at radius 1 is 1.37 bits per heavy atom. The van der Waals surface area contributed by atoms with Gasteiger partial charge in [-0.2, -0.15) is 13.2 Å². The number of amides is 2. The van der Waals surface area contributed by atoms with E-state index in [9.17, 15) is 22.4 Å². The minimum Gasteiger partial charge on any atom is -0.384 e. The number of nitrogen functional groups attached to an aromatic ring is 1. The second-order valence-corrected chi connectivity index (χ2v) is 3.50. The van der Waals surface area contributed by atoms with Gasteiger partial charge in [-0.3, -0.25) is 5.41 Å². The second-order valence-electron chi connectivity index (χ2n) is 3.50. The van der Waals surface area contributed by atoms with Crippen molar-refractivity contribution in [1.29, 1.82) is 5.41 Å². The predicted molar refractivity (Wildman–Crippen MR) is 60.5 cm³/mol. The SMILES string of the molecule is N=C(N)c1c(F)cccc1NC(=O)NCC(F)(F)F. The van der Waals surface area contributed by atoms with E-state index in [1.165, 1.54) is 12.1 Å². The highest BCUT2D eigenvalue weighted by molar-refractivity contribution is 6.04. The summed E-state index contributed by atoms with van der Waals surface area (Å²) in [5.74, 6) is -1.51. The molecule has 0 radical (unpaired) electrons. The van der Waals surface area contributed by atoms with Crippen LogP contribution in [0, 0.1) is 11.2 Å². The van der Waals surface area contributed by atoms with Gasteiger partial charge in [-0.15, -0.1) is 0 Å². The number of amidine groups is 1. The smallest absolute Gasteiger partial charge is 0.384 e. The van der Waals surface area contributed by atoms with Gasteiger partial charge in [0.15, 0.2) is 0 Å². The summed E-state index contributed by atoms with van der Waals surface area (Å²) in [6.45, 7) is -1.52. The maximum Gasteiger partial charge on any atom is 0.405 e. The molecule has 1 rings (SSSR count). The molecular formula is C10H10F4N4O. The van der Waals surface area contributed by atoms with E-state index in [1.54, 1.807) is 5.32 Å².